The quantitative estimate of drug-likeness (QED) is 0.691. The summed E-state index contributed by atoms with van der Waals surface area (Å²) >= 11 is 0. The average Bonchev–Trinajstić information content (AvgIpc) is 2.21. The molecule has 1 rings (SSSR count). The molecule has 2 nitrogen and oxygen atoms in total. The Morgan fingerprint density at radius 3 is 2.23 bits per heavy atom. The van der Waals surface area contributed by atoms with E-state index >= 15 is 0 Å². The van der Waals surface area contributed by atoms with Crippen molar-refractivity contribution in [1.82, 2.24) is 0 Å². The van der Waals surface area contributed by atoms with Crippen molar-refractivity contribution >= 4 is 0 Å². The van der Waals surface area contributed by atoms with Crippen molar-refractivity contribution in [2.75, 3.05) is 14.2 Å². The van der Waals surface area contributed by atoms with E-state index in [9.17, 15) is 0 Å². The lowest BCUT2D eigenvalue weighted by atomic mass is 10.1. The molecule has 0 aliphatic heterocycles. The zero-order valence-electron chi connectivity index (χ0n) is 8.12. The molecule has 0 amide bonds. The summed E-state index contributed by atoms with van der Waals surface area (Å²) in [5, 5.41) is 0. The van der Waals surface area contributed by atoms with Crippen LogP contribution in [-0.4, -0.2) is 14.2 Å². The van der Waals surface area contributed by atoms with Crippen LogP contribution in [0.5, 0.6) is 0 Å². The van der Waals surface area contributed by atoms with Crippen LogP contribution in [0, 0.1) is 6.29 Å². The monoisotopic (exact) mass is 179 g/mol. The lowest BCUT2D eigenvalue weighted by molar-refractivity contribution is -0.00230. The van der Waals surface area contributed by atoms with Gasteiger partial charge in [0.15, 0.2) is 0 Å². The number of methoxy groups -OCH3 is 2. The van der Waals surface area contributed by atoms with Gasteiger partial charge in [-0.3, -0.25) is 0 Å². The highest BCUT2D eigenvalue weighted by atomic mass is 16.7. The first-order chi connectivity index (χ1) is 6.36. The van der Waals surface area contributed by atoms with Gasteiger partial charge in [0.05, 0.1) is 0 Å². The molecule has 1 aromatic carbocycles. The normalized spacial score (nSPS) is 10.7. The molecule has 0 aliphatic carbocycles. The van der Waals surface area contributed by atoms with Crippen molar-refractivity contribution in [2.45, 2.75) is 12.8 Å². The van der Waals surface area contributed by atoms with Gasteiger partial charge in [-0.15, -0.1) is 0 Å². The Bertz CT molecular complexity index is 217. The van der Waals surface area contributed by atoms with Crippen LogP contribution in [-0.2, 0) is 15.9 Å². The molecule has 1 aromatic rings. The molecule has 2 heteroatoms. The van der Waals surface area contributed by atoms with E-state index in [1.807, 2.05) is 18.2 Å². The Hall–Kier alpha value is -0.860. The summed E-state index contributed by atoms with van der Waals surface area (Å²) in [5.41, 5.74) is 1.30. The minimum Gasteiger partial charge on any atom is -0.349 e. The minimum atomic E-state index is 0.684. The van der Waals surface area contributed by atoms with Crippen molar-refractivity contribution in [3.63, 3.8) is 0 Å². The van der Waals surface area contributed by atoms with Gasteiger partial charge in [-0.05, 0) is 12.0 Å². The van der Waals surface area contributed by atoms with Gasteiger partial charge in [0, 0.05) is 20.6 Å². The van der Waals surface area contributed by atoms with Gasteiger partial charge in [-0.2, -0.15) is 0 Å². The van der Waals surface area contributed by atoms with Crippen LogP contribution < -0.4 is 0 Å². The third kappa shape index (κ3) is 3.57. The molecule has 0 spiro atoms. The number of ether oxygens (including phenoxy) is 2. The van der Waals surface area contributed by atoms with Gasteiger partial charge < -0.3 is 9.47 Å². The van der Waals surface area contributed by atoms with Crippen LogP contribution in [0.3, 0.4) is 0 Å². The molecule has 0 aromatic heterocycles. The highest BCUT2D eigenvalue weighted by Crippen LogP contribution is 2.12. The zero-order chi connectivity index (χ0) is 9.52. The van der Waals surface area contributed by atoms with E-state index in [0.717, 1.165) is 12.8 Å². The van der Waals surface area contributed by atoms with Gasteiger partial charge in [0.25, 0.3) is 0 Å². The molecule has 0 aliphatic rings. The molecule has 0 atom stereocenters. The standard InChI is InChI=1S/C11H15O2/c1-12-11(13-2)9-8-10-6-4-3-5-7-10/h3-7H,8-9H2,1-2H3. The number of hydrogen-bond acceptors (Lipinski definition) is 2. The first-order valence-corrected chi connectivity index (χ1v) is 4.34. The third-order valence-electron chi connectivity index (χ3n) is 1.92. The summed E-state index contributed by atoms with van der Waals surface area (Å²) in [7, 11) is 3.26. The Kier molecular flexibility index (Phi) is 4.50. The van der Waals surface area contributed by atoms with E-state index in [4.69, 9.17) is 9.47 Å². The minimum absolute atomic E-state index is 0.684. The second-order valence-corrected chi connectivity index (χ2v) is 2.77. The fourth-order valence-electron chi connectivity index (χ4n) is 1.18. The third-order valence-corrected chi connectivity index (χ3v) is 1.92. The lowest BCUT2D eigenvalue weighted by Gasteiger charge is -2.10. The van der Waals surface area contributed by atoms with E-state index in [2.05, 4.69) is 12.1 Å². The molecule has 0 heterocycles. The van der Waals surface area contributed by atoms with Gasteiger partial charge in [0.2, 0.25) is 6.29 Å². The second-order valence-electron chi connectivity index (χ2n) is 2.77. The summed E-state index contributed by atoms with van der Waals surface area (Å²) in [6.07, 6.45) is 2.46. The van der Waals surface area contributed by atoms with E-state index in [0.29, 0.717) is 6.29 Å². The fraction of sp³-hybridized carbons (Fsp3) is 0.364. The fourth-order valence-corrected chi connectivity index (χ4v) is 1.18. The predicted molar refractivity (Wildman–Crippen MR) is 52.0 cm³/mol. The summed E-state index contributed by atoms with van der Waals surface area (Å²) in [6.45, 7) is 0. The first-order valence-electron chi connectivity index (χ1n) is 4.34. The predicted octanol–water partition coefficient (Wildman–Crippen LogP) is 2.40. The summed E-state index contributed by atoms with van der Waals surface area (Å²) in [4.78, 5) is 0. The Morgan fingerprint density at radius 1 is 1.08 bits per heavy atom. The van der Waals surface area contributed by atoms with Crippen LogP contribution in [0.1, 0.15) is 12.0 Å². The van der Waals surface area contributed by atoms with E-state index in [1.165, 1.54) is 5.56 Å². The van der Waals surface area contributed by atoms with Crippen LogP contribution in [0.2, 0.25) is 0 Å². The van der Waals surface area contributed by atoms with Crippen molar-refractivity contribution in [1.29, 1.82) is 0 Å². The van der Waals surface area contributed by atoms with E-state index < -0.39 is 0 Å². The van der Waals surface area contributed by atoms with Gasteiger partial charge in [-0.1, -0.05) is 30.3 Å². The van der Waals surface area contributed by atoms with Crippen molar-refractivity contribution in [3.05, 3.63) is 42.2 Å². The molecule has 0 N–H and O–H groups in total. The second kappa shape index (κ2) is 5.73. The van der Waals surface area contributed by atoms with E-state index in [-0.39, 0.29) is 0 Å². The summed E-state index contributed by atoms with van der Waals surface area (Å²) in [5.74, 6) is 0. The molecule has 1 radical (unpaired) electrons. The Labute approximate surface area is 79.5 Å². The van der Waals surface area contributed by atoms with Crippen LogP contribution in [0.4, 0.5) is 0 Å². The van der Waals surface area contributed by atoms with Crippen molar-refractivity contribution < 1.29 is 9.47 Å². The molecule has 0 unspecified atom stereocenters. The number of aryl methyl sites for hydroxylation is 1. The average molecular weight is 179 g/mol. The highest BCUT2D eigenvalue weighted by Gasteiger charge is 2.06. The molecule has 0 saturated heterocycles. The molecule has 71 valence electrons. The lowest BCUT2D eigenvalue weighted by Crippen LogP contribution is -2.04. The SMILES string of the molecule is CO[C](CCc1ccccc1)OC. The topological polar surface area (TPSA) is 18.5 Å². The maximum Gasteiger partial charge on any atom is 0.223 e. The smallest absolute Gasteiger partial charge is 0.223 e. The van der Waals surface area contributed by atoms with Crippen LogP contribution >= 0.6 is 0 Å². The number of rotatable bonds is 5. The summed E-state index contributed by atoms with van der Waals surface area (Å²) in [6, 6.07) is 10.3. The van der Waals surface area contributed by atoms with Crippen molar-refractivity contribution in [3.8, 4) is 0 Å². The van der Waals surface area contributed by atoms with E-state index in [1.54, 1.807) is 14.2 Å². The molecule has 0 saturated carbocycles. The van der Waals surface area contributed by atoms with Crippen molar-refractivity contribution in [2.24, 2.45) is 0 Å². The Morgan fingerprint density at radius 2 is 1.69 bits per heavy atom. The highest BCUT2D eigenvalue weighted by molar-refractivity contribution is 5.14. The zero-order valence-corrected chi connectivity index (χ0v) is 8.12. The van der Waals surface area contributed by atoms with Gasteiger partial charge in [0.1, 0.15) is 0 Å². The van der Waals surface area contributed by atoms with Gasteiger partial charge in [-0.25, -0.2) is 0 Å². The Balaban J connectivity index is 2.34. The molecular formula is C11H15O2. The number of hydrogen-bond donors (Lipinski definition) is 0. The van der Waals surface area contributed by atoms with Gasteiger partial charge >= 0.3 is 0 Å². The first kappa shape index (κ1) is 10.2. The molecular weight excluding hydrogens is 164 g/mol. The maximum absolute atomic E-state index is 5.02. The molecule has 13 heavy (non-hydrogen) atoms. The largest absolute Gasteiger partial charge is 0.349 e. The van der Waals surface area contributed by atoms with Crippen LogP contribution in [0.25, 0.3) is 0 Å². The molecule has 0 fully saturated rings. The number of benzene rings is 1. The molecule has 0 bridgehead atoms. The van der Waals surface area contributed by atoms with Crippen LogP contribution in [0.15, 0.2) is 30.3 Å². The summed E-state index contributed by atoms with van der Waals surface area (Å²) < 4.78 is 10.0. The maximum atomic E-state index is 5.02.